The summed E-state index contributed by atoms with van der Waals surface area (Å²) in [6.45, 7) is 14.2. The number of hydrogen-bond acceptors (Lipinski definition) is 4. The van der Waals surface area contributed by atoms with E-state index in [2.05, 4.69) is 28.0 Å². The van der Waals surface area contributed by atoms with Gasteiger partial charge >= 0.3 is 0 Å². The maximum atomic E-state index is 12.5. The zero-order valence-corrected chi connectivity index (χ0v) is 16.0. The predicted molar refractivity (Wildman–Crippen MR) is 101 cm³/mol. The second kappa shape index (κ2) is 6.72. The van der Waals surface area contributed by atoms with Crippen LogP contribution in [0.2, 0.25) is 0 Å². The summed E-state index contributed by atoms with van der Waals surface area (Å²) in [7, 11) is 0. The van der Waals surface area contributed by atoms with Crippen LogP contribution in [0, 0.1) is 0 Å². The molecule has 0 amide bonds. The quantitative estimate of drug-likeness (QED) is 0.674. The van der Waals surface area contributed by atoms with Crippen molar-refractivity contribution in [3.8, 4) is 0 Å². The number of hydroxylamine groups is 2. The van der Waals surface area contributed by atoms with Crippen molar-refractivity contribution in [1.29, 1.82) is 0 Å². The molecule has 2 N–H and O–H groups in total. The summed E-state index contributed by atoms with van der Waals surface area (Å²) in [6, 6.07) is 8.16. The number of nitrogens with two attached hydrogens (primary N) is 1. The Balaban J connectivity index is 1.54. The van der Waals surface area contributed by atoms with Crippen molar-refractivity contribution in [2.24, 2.45) is 0 Å². The van der Waals surface area contributed by atoms with E-state index in [-0.39, 0.29) is 0 Å². The Hall–Kier alpha value is -1.40. The topological polar surface area (TPSA) is 55.6 Å². The number of anilines is 1. The van der Waals surface area contributed by atoms with Crippen molar-refractivity contribution in [3.63, 3.8) is 0 Å². The standard InChI is InChI=1S/C20H31N4O/c1-19(2)13-17(20(3,4)24(19)25)15-23-11-9-22(10-12-23)14-16-5-7-18(21)8-6-16/h5-8,13H,9-12,14-15,21H2,1-4H3. The molecule has 0 aromatic heterocycles. The smallest absolute Gasteiger partial charge is 0.0668 e. The lowest BCUT2D eigenvalue weighted by molar-refractivity contribution is -0.239. The van der Waals surface area contributed by atoms with Gasteiger partial charge in [-0.05, 0) is 51.0 Å². The minimum absolute atomic E-state index is 0.407. The van der Waals surface area contributed by atoms with Gasteiger partial charge in [0.25, 0.3) is 0 Å². The van der Waals surface area contributed by atoms with Gasteiger partial charge in [0.2, 0.25) is 0 Å². The zero-order chi connectivity index (χ0) is 18.2. The molecule has 25 heavy (non-hydrogen) atoms. The fraction of sp³-hybridized carbons (Fsp3) is 0.600. The van der Waals surface area contributed by atoms with Crippen molar-refractivity contribution >= 4 is 5.69 Å². The van der Waals surface area contributed by atoms with Gasteiger partial charge in [-0.2, -0.15) is 0 Å². The maximum Gasteiger partial charge on any atom is 0.0668 e. The van der Waals surface area contributed by atoms with E-state index >= 15 is 0 Å². The van der Waals surface area contributed by atoms with Crippen molar-refractivity contribution in [3.05, 3.63) is 41.5 Å². The van der Waals surface area contributed by atoms with Gasteiger partial charge in [-0.15, -0.1) is 10.3 Å². The highest BCUT2D eigenvalue weighted by molar-refractivity contribution is 5.39. The molecular formula is C20H31N4O. The Morgan fingerprint density at radius 3 is 1.92 bits per heavy atom. The first-order valence-electron chi connectivity index (χ1n) is 9.17. The number of benzene rings is 1. The van der Waals surface area contributed by atoms with Crippen LogP contribution in [0.1, 0.15) is 33.3 Å². The lowest BCUT2D eigenvalue weighted by atomic mass is 9.96. The van der Waals surface area contributed by atoms with Crippen LogP contribution in [-0.2, 0) is 11.8 Å². The predicted octanol–water partition coefficient (Wildman–Crippen LogP) is 2.53. The molecule has 0 spiro atoms. The van der Waals surface area contributed by atoms with Gasteiger partial charge in [0, 0.05) is 45.0 Å². The molecule has 1 saturated heterocycles. The van der Waals surface area contributed by atoms with Gasteiger partial charge < -0.3 is 5.73 Å². The fourth-order valence-electron chi connectivity index (χ4n) is 3.98. The lowest BCUT2D eigenvalue weighted by Crippen LogP contribution is -2.50. The van der Waals surface area contributed by atoms with E-state index in [4.69, 9.17) is 5.73 Å². The molecule has 0 unspecified atom stereocenters. The van der Waals surface area contributed by atoms with Crippen molar-refractivity contribution in [1.82, 2.24) is 14.9 Å². The van der Waals surface area contributed by atoms with Crippen LogP contribution in [0.3, 0.4) is 0 Å². The minimum Gasteiger partial charge on any atom is -0.399 e. The third kappa shape index (κ3) is 3.90. The Morgan fingerprint density at radius 1 is 0.920 bits per heavy atom. The molecule has 2 heterocycles. The molecule has 0 atom stereocenters. The van der Waals surface area contributed by atoms with Crippen LogP contribution >= 0.6 is 0 Å². The Bertz CT molecular complexity index is 628. The molecule has 2 aliphatic rings. The first kappa shape index (κ1) is 18.4. The summed E-state index contributed by atoms with van der Waals surface area (Å²) in [4.78, 5) is 4.96. The molecule has 3 rings (SSSR count). The van der Waals surface area contributed by atoms with Crippen LogP contribution in [0.15, 0.2) is 35.9 Å². The molecule has 1 aromatic rings. The summed E-state index contributed by atoms with van der Waals surface area (Å²) >= 11 is 0. The van der Waals surface area contributed by atoms with E-state index in [1.807, 2.05) is 39.8 Å². The van der Waals surface area contributed by atoms with Crippen LogP contribution < -0.4 is 5.73 Å². The zero-order valence-electron chi connectivity index (χ0n) is 16.0. The molecule has 1 aromatic carbocycles. The maximum absolute atomic E-state index is 12.5. The van der Waals surface area contributed by atoms with E-state index in [9.17, 15) is 5.21 Å². The van der Waals surface area contributed by atoms with Gasteiger partial charge in [-0.1, -0.05) is 18.2 Å². The summed E-state index contributed by atoms with van der Waals surface area (Å²) < 4.78 is 0. The lowest BCUT2D eigenvalue weighted by Gasteiger charge is -2.38. The number of nitrogens with zero attached hydrogens (tertiary/aromatic N) is 3. The Labute approximate surface area is 151 Å². The highest BCUT2D eigenvalue weighted by atomic mass is 16.5. The molecule has 1 radical (unpaired) electrons. The molecule has 0 aliphatic carbocycles. The summed E-state index contributed by atoms with van der Waals surface area (Å²) in [5.74, 6) is 0. The summed E-state index contributed by atoms with van der Waals surface area (Å²) in [6.07, 6.45) is 2.17. The average molecular weight is 343 g/mol. The van der Waals surface area contributed by atoms with Crippen LogP contribution in [0.4, 0.5) is 5.69 Å². The molecule has 5 nitrogen and oxygen atoms in total. The van der Waals surface area contributed by atoms with Crippen LogP contribution in [0.25, 0.3) is 0 Å². The number of nitrogen functional groups attached to an aromatic ring is 1. The van der Waals surface area contributed by atoms with Crippen LogP contribution in [-0.4, -0.2) is 58.7 Å². The number of rotatable bonds is 4. The second-order valence-corrected chi connectivity index (χ2v) is 8.47. The third-order valence-corrected chi connectivity index (χ3v) is 5.59. The normalized spacial score (nSPS) is 24.4. The minimum atomic E-state index is -0.412. The van der Waals surface area contributed by atoms with E-state index in [1.165, 1.54) is 16.2 Å². The second-order valence-electron chi connectivity index (χ2n) is 8.47. The average Bonchev–Trinajstić information content (AvgIpc) is 2.71. The van der Waals surface area contributed by atoms with Gasteiger partial charge in [0.15, 0.2) is 0 Å². The molecule has 1 fully saturated rings. The molecule has 0 saturated carbocycles. The Morgan fingerprint density at radius 2 is 1.44 bits per heavy atom. The molecule has 5 heteroatoms. The number of piperazine rings is 1. The highest BCUT2D eigenvalue weighted by Crippen LogP contribution is 2.38. The van der Waals surface area contributed by atoms with Gasteiger partial charge in [0.1, 0.15) is 0 Å². The van der Waals surface area contributed by atoms with E-state index < -0.39 is 11.1 Å². The molecule has 137 valence electrons. The van der Waals surface area contributed by atoms with Crippen molar-refractivity contribution < 1.29 is 5.21 Å². The SMILES string of the molecule is CC1(C)C=C(CN2CCN(Cc3ccc(N)cc3)CC2)C(C)(C)N1[O]. The largest absolute Gasteiger partial charge is 0.399 e. The number of hydrogen-bond donors (Lipinski definition) is 1. The van der Waals surface area contributed by atoms with Crippen LogP contribution in [0.5, 0.6) is 0 Å². The van der Waals surface area contributed by atoms with Gasteiger partial charge in [-0.3, -0.25) is 9.80 Å². The van der Waals surface area contributed by atoms with E-state index in [1.54, 1.807) is 0 Å². The van der Waals surface area contributed by atoms with Gasteiger partial charge in [0.05, 0.1) is 11.1 Å². The Kier molecular flexibility index (Phi) is 4.95. The van der Waals surface area contributed by atoms with Gasteiger partial charge in [-0.25, -0.2) is 0 Å². The third-order valence-electron chi connectivity index (χ3n) is 5.59. The first-order valence-corrected chi connectivity index (χ1v) is 9.17. The molecular weight excluding hydrogens is 312 g/mol. The van der Waals surface area contributed by atoms with Crippen molar-refractivity contribution in [2.75, 3.05) is 38.5 Å². The first-order chi connectivity index (χ1) is 11.7. The van der Waals surface area contributed by atoms with Crippen molar-refractivity contribution in [2.45, 2.75) is 45.3 Å². The van der Waals surface area contributed by atoms with E-state index in [0.717, 1.165) is 45.0 Å². The highest BCUT2D eigenvalue weighted by Gasteiger charge is 2.46. The fourth-order valence-corrected chi connectivity index (χ4v) is 3.98. The summed E-state index contributed by atoms with van der Waals surface area (Å²) in [5.41, 5.74) is 8.31. The van der Waals surface area contributed by atoms with E-state index in [0.29, 0.717) is 0 Å². The monoisotopic (exact) mass is 343 g/mol. The molecule has 2 aliphatic heterocycles. The molecule has 0 bridgehead atoms. The summed E-state index contributed by atoms with van der Waals surface area (Å²) in [5, 5.41) is 13.8.